The van der Waals surface area contributed by atoms with E-state index in [0.29, 0.717) is 6.54 Å². The first-order chi connectivity index (χ1) is 10.5. The first-order valence-corrected chi connectivity index (χ1v) is 9.52. The van der Waals surface area contributed by atoms with Gasteiger partial charge in [-0.25, -0.2) is 13.6 Å². The predicted molar refractivity (Wildman–Crippen MR) is 89.6 cm³/mol. The molecule has 0 bridgehead atoms. The number of hydrogen-bond acceptors (Lipinski definition) is 5. The Labute approximate surface area is 134 Å². The van der Waals surface area contributed by atoms with Gasteiger partial charge in [0.25, 0.3) is 0 Å². The minimum Gasteiger partial charge on any atom is -0.374 e. The molecule has 0 spiro atoms. The fraction of sp³-hybridized carbons (Fsp3) is 0.333. The molecule has 22 heavy (non-hydrogen) atoms. The van der Waals surface area contributed by atoms with Crippen molar-refractivity contribution in [1.82, 2.24) is 5.32 Å². The molecule has 1 aliphatic rings. The zero-order valence-corrected chi connectivity index (χ0v) is 14.0. The number of primary sulfonamides is 1. The third-order valence-corrected chi connectivity index (χ3v) is 6.49. The molecule has 0 aliphatic carbocycles. The molecule has 1 unspecified atom stereocenters. The van der Waals surface area contributed by atoms with Crippen LogP contribution in [-0.2, 0) is 16.6 Å². The van der Waals surface area contributed by atoms with Crippen molar-refractivity contribution >= 4 is 27.0 Å². The van der Waals surface area contributed by atoms with Crippen LogP contribution in [0, 0.1) is 0 Å². The fourth-order valence-corrected chi connectivity index (χ4v) is 4.73. The van der Waals surface area contributed by atoms with E-state index in [9.17, 15) is 8.42 Å². The van der Waals surface area contributed by atoms with Gasteiger partial charge in [0.1, 0.15) is 4.21 Å². The van der Waals surface area contributed by atoms with Gasteiger partial charge in [-0.3, -0.25) is 0 Å². The summed E-state index contributed by atoms with van der Waals surface area (Å²) in [5.41, 5.74) is 3.22. The highest BCUT2D eigenvalue weighted by Gasteiger charge is 2.23. The quantitative estimate of drug-likeness (QED) is 0.895. The Balaban J connectivity index is 1.79. The number of nitrogens with two attached hydrogens (primary N) is 1. The molecule has 0 fully saturated rings. The van der Waals surface area contributed by atoms with Gasteiger partial charge >= 0.3 is 0 Å². The molecular weight excluding hydrogens is 318 g/mol. The lowest BCUT2D eigenvalue weighted by molar-refractivity contribution is 0.482. The van der Waals surface area contributed by atoms with Crippen LogP contribution in [0.25, 0.3) is 0 Å². The molecule has 2 heterocycles. The maximum absolute atomic E-state index is 11.6. The van der Waals surface area contributed by atoms with E-state index >= 15 is 0 Å². The second kappa shape index (κ2) is 6.00. The third-order valence-electron chi connectivity index (χ3n) is 3.98. The molecule has 1 atom stereocenters. The summed E-state index contributed by atoms with van der Waals surface area (Å²) in [6.45, 7) is 1.47. The average molecular weight is 337 g/mol. The summed E-state index contributed by atoms with van der Waals surface area (Å²) in [7, 11) is -1.55. The smallest absolute Gasteiger partial charge is 0.247 e. The average Bonchev–Trinajstić information content (AvgIpc) is 2.96. The number of nitrogens with one attached hydrogen (secondary N) is 1. The molecule has 7 heteroatoms. The topological polar surface area (TPSA) is 75.4 Å². The van der Waals surface area contributed by atoms with Gasteiger partial charge < -0.3 is 10.2 Å². The van der Waals surface area contributed by atoms with E-state index < -0.39 is 10.0 Å². The van der Waals surface area contributed by atoms with Gasteiger partial charge in [-0.15, -0.1) is 11.3 Å². The Morgan fingerprint density at radius 3 is 2.91 bits per heavy atom. The summed E-state index contributed by atoms with van der Waals surface area (Å²) in [6.07, 6.45) is 0.988. The first-order valence-electron chi connectivity index (χ1n) is 7.09. The second-order valence-electron chi connectivity index (χ2n) is 5.48. The molecule has 5 nitrogen and oxygen atoms in total. The number of para-hydroxylation sites is 1. The van der Waals surface area contributed by atoms with E-state index in [1.807, 2.05) is 18.2 Å². The molecule has 1 aromatic carbocycles. The normalized spacial score (nSPS) is 18.3. The Kier molecular flexibility index (Phi) is 4.22. The highest BCUT2D eigenvalue weighted by molar-refractivity contribution is 7.91. The number of hydrogen-bond donors (Lipinski definition) is 2. The molecule has 3 rings (SSSR count). The van der Waals surface area contributed by atoms with Crippen molar-refractivity contribution in [3.8, 4) is 0 Å². The number of rotatable bonds is 4. The van der Waals surface area contributed by atoms with Crippen LogP contribution in [0.3, 0.4) is 0 Å². The third kappa shape index (κ3) is 3.03. The highest BCUT2D eigenvalue weighted by atomic mass is 32.2. The molecule has 0 saturated carbocycles. The van der Waals surface area contributed by atoms with Crippen molar-refractivity contribution < 1.29 is 8.42 Å². The van der Waals surface area contributed by atoms with E-state index in [2.05, 4.69) is 29.4 Å². The molecular formula is C15H19N3O2S2. The summed E-state index contributed by atoms with van der Waals surface area (Å²) in [4.78, 5) is 2.24. The molecule has 0 radical (unpaired) electrons. The van der Waals surface area contributed by atoms with E-state index in [-0.39, 0.29) is 10.3 Å². The van der Waals surface area contributed by atoms with E-state index in [1.54, 1.807) is 5.38 Å². The van der Waals surface area contributed by atoms with Crippen LogP contribution >= 0.6 is 11.3 Å². The van der Waals surface area contributed by atoms with Gasteiger partial charge in [-0.1, -0.05) is 18.2 Å². The fourth-order valence-electron chi connectivity index (χ4n) is 2.88. The SMILES string of the molecule is CN1CCC(NCc2ccsc2S(N)(=O)=O)c2ccccc21. The van der Waals surface area contributed by atoms with Crippen LogP contribution in [0.4, 0.5) is 5.69 Å². The van der Waals surface area contributed by atoms with E-state index in [0.717, 1.165) is 18.5 Å². The zero-order valence-electron chi connectivity index (χ0n) is 12.3. The Hall–Kier alpha value is -1.41. The summed E-state index contributed by atoms with van der Waals surface area (Å²) >= 11 is 1.17. The molecule has 0 amide bonds. The number of anilines is 1. The van der Waals surface area contributed by atoms with Crippen molar-refractivity contribution in [2.75, 3.05) is 18.5 Å². The molecule has 1 aromatic heterocycles. The minimum atomic E-state index is -3.64. The largest absolute Gasteiger partial charge is 0.374 e. The van der Waals surface area contributed by atoms with Crippen LogP contribution in [0.1, 0.15) is 23.6 Å². The van der Waals surface area contributed by atoms with E-state index in [4.69, 9.17) is 5.14 Å². The van der Waals surface area contributed by atoms with Gasteiger partial charge in [0.2, 0.25) is 10.0 Å². The van der Waals surface area contributed by atoms with Crippen LogP contribution in [0.2, 0.25) is 0 Å². The summed E-state index contributed by atoms with van der Waals surface area (Å²) in [5.74, 6) is 0. The van der Waals surface area contributed by atoms with Crippen LogP contribution < -0.4 is 15.4 Å². The Bertz CT molecular complexity index is 771. The van der Waals surface area contributed by atoms with Crippen LogP contribution in [0.15, 0.2) is 39.9 Å². The van der Waals surface area contributed by atoms with Crippen molar-refractivity contribution in [1.29, 1.82) is 0 Å². The van der Waals surface area contributed by atoms with Crippen molar-refractivity contribution in [2.24, 2.45) is 5.14 Å². The van der Waals surface area contributed by atoms with Gasteiger partial charge in [0.15, 0.2) is 0 Å². The van der Waals surface area contributed by atoms with Crippen molar-refractivity contribution in [2.45, 2.75) is 23.2 Å². The van der Waals surface area contributed by atoms with Crippen LogP contribution in [0.5, 0.6) is 0 Å². The van der Waals surface area contributed by atoms with Gasteiger partial charge in [-0.2, -0.15) is 0 Å². The molecule has 118 valence electrons. The second-order valence-corrected chi connectivity index (χ2v) is 8.15. The predicted octanol–water partition coefficient (Wildman–Crippen LogP) is 2.07. The maximum Gasteiger partial charge on any atom is 0.247 e. The molecule has 0 saturated heterocycles. The Morgan fingerprint density at radius 2 is 2.14 bits per heavy atom. The lowest BCUT2D eigenvalue weighted by Gasteiger charge is -2.33. The lowest BCUT2D eigenvalue weighted by atomic mass is 9.96. The first kappa shape index (κ1) is 15.5. The van der Waals surface area contributed by atoms with Crippen LogP contribution in [-0.4, -0.2) is 22.0 Å². The number of benzene rings is 1. The summed E-state index contributed by atoms with van der Waals surface area (Å²) in [6, 6.07) is 10.3. The highest BCUT2D eigenvalue weighted by Crippen LogP contribution is 2.33. The molecule has 1 aliphatic heterocycles. The monoisotopic (exact) mass is 337 g/mol. The Morgan fingerprint density at radius 1 is 1.36 bits per heavy atom. The molecule has 3 N–H and O–H groups in total. The van der Waals surface area contributed by atoms with Crippen molar-refractivity contribution in [3.05, 3.63) is 46.8 Å². The standard InChI is InChI=1S/C15H19N3O2S2/c1-18-8-6-13(12-4-2-3-5-14(12)18)17-10-11-7-9-21-15(11)22(16,19)20/h2-5,7,9,13,17H,6,8,10H2,1H3,(H2,16,19,20). The minimum absolute atomic E-state index is 0.223. The number of sulfonamides is 1. The van der Waals surface area contributed by atoms with Gasteiger partial charge in [-0.05, 0) is 35.1 Å². The van der Waals surface area contributed by atoms with Gasteiger partial charge in [0, 0.05) is 31.9 Å². The van der Waals surface area contributed by atoms with Gasteiger partial charge in [0.05, 0.1) is 0 Å². The maximum atomic E-state index is 11.6. The van der Waals surface area contributed by atoms with Crippen molar-refractivity contribution in [3.63, 3.8) is 0 Å². The van der Waals surface area contributed by atoms with E-state index in [1.165, 1.54) is 22.6 Å². The zero-order chi connectivity index (χ0) is 15.7. The molecule has 2 aromatic rings. The lowest BCUT2D eigenvalue weighted by Crippen LogP contribution is -2.33. The summed E-state index contributed by atoms with van der Waals surface area (Å²) in [5, 5.41) is 10.5. The summed E-state index contributed by atoms with van der Waals surface area (Å²) < 4.78 is 23.4. The number of nitrogens with zero attached hydrogens (tertiary/aromatic N) is 1. The number of fused-ring (bicyclic) bond motifs is 1. The number of thiophene rings is 1.